The minimum absolute atomic E-state index is 0.000691. The molecule has 4 atom stereocenters. The molecule has 3 aromatic rings. The summed E-state index contributed by atoms with van der Waals surface area (Å²) in [6.45, 7) is 4.35. The minimum atomic E-state index is -0.651. The molecule has 1 amide bonds. The van der Waals surface area contributed by atoms with Gasteiger partial charge in [-0.15, -0.1) is 0 Å². The summed E-state index contributed by atoms with van der Waals surface area (Å²) in [5.74, 6) is 0.605. The summed E-state index contributed by atoms with van der Waals surface area (Å²) in [5.41, 5.74) is 3.40. The van der Waals surface area contributed by atoms with E-state index in [1.165, 1.54) is 88.6 Å². The normalized spacial score (nSPS) is 19.3. The average molecular weight is 677 g/mol. The maximum absolute atomic E-state index is 12.8. The molecule has 0 spiro atoms. The van der Waals surface area contributed by atoms with Crippen molar-refractivity contribution in [2.75, 3.05) is 11.1 Å². The van der Waals surface area contributed by atoms with Crippen molar-refractivity contribution in [3.8, 4) is 0 Å². The van der Waals surface area contributed by atoms with E-state index in [4.69, 9.17) is 9.47 Å². The summed E-state index contributed by atoms with van der Waals surface area (Å²) in [4.78, 5) is 12.8. The van der Waals surface area contributed by atoms with Crippen molar-refractivity contribution in [1.82, 2.24) is 0 Å². The number of amides is 1. The molecule has 8 heteroatoms. The second-order valence-electron chi connectivity index (χ2n) is 13.2. The largest absolute Gasteiger partial charge is 0.618 e. The SMILES string of the molecule is CCCCCCCCCCCCCCCC(=O)Nc1cccc(C2OC(CSc3cccc[n+]3[O-])C(C)C(c3ccc(CO)cc3)O2)c1. The zero-order valence-corrected chi connectivity index (χ0v) is 29.8. The lowest BCUT2D eigenvalue weighted by Gasteiger charge is -2.41. The zero-order chi connectivity index (χ0) is 34.0. The lowest BCUT2D eigenvalue weighted by molar-refractivity contribution is -0.645. The fourth-order valence-electron chi connectivity index (χ4n) is 6.29. The number of carbonyl (C=O) groups is 1. The van der Waals surface area contributed by atoms with Crippen LogP contribution in [0, 0.1) is 11.1 Å². The second-order valence-corrected chi connectivity index (χ2v) is 14.2. The number of aliphatic hydroxyl groups is 1. The highest BCUT2D eigenvalue weighted by Crippen LogP contribution is 2.43. The number of anilines is 1. The number of rotatable bonds is 21. The van der Waals surface area contributed by atoms with E-state index in [0.717, 1.165) is 39.9 Å². The fourth-order valence-corrected chi connectivity index (χ4v) is 7.37. The first-order valence-corrected chi connectivity index (χ1v) is 19.2. The van der Waals surface area contributed by atoms with Crippen LogP contribution in [-0.2, 0) is 20.9 Å². The van der Waals surface area contributed by atoms with Crippen molar-refractivity contribution >= 4 is 23.4 Å². The van der Waals surface area contributed by atoms with Crippen LogP contribution in [0.5, 0.6) is 0 Å². The number of ether oxygens (including phenoxy) is 2. The Morgan fingerprint density at radius 1 is 0.833 bits per heavy atom. The van der Waals surface area contributed by atoms with Gasteiger partial charge in [-0.25, -0.2) is 0 Å². The molecule has 262 valence electrons. The van der Waals surface area contributed by atoms with Gasteiger partial charge in [0.05, 0.1) is 18.8 Å². The minimum Gasteiger partial charge on any atom is -0.618 e. The Kier molecular flexibility index (Phi) is 16.8. The van der Waals surface area contributed by atoms with Crippen molar-refractivity contribution in [3.05, 3.63) is 94.8 Å². The number of nitrogens with one attached hydrogen (secondary N) is 1. The molecule has 1 aliphatic rings. The first-order chi connectivity index (χ1) is 23.5. The third-order valence-corrected chi connectivity index (χ3v) is 10.4. The molecule has 48 heavy (non-hydrogen) atoms. The van der Waals surface area contributed by atoms with Gasteiger partial charge in [0, 0.05) is 41.5 Å². The van der Waals surface area contributed by atoms with Crippen LogP contribution in [0.3, 0.4) is 0 Å². The number of thioether (sulfide) groups is 1. The van der Waals surface area contributed by atoms with Crippen LogP contribution < -0.4 is 10.0 Å². The lowest BCUT2D eigenvalue weighted by Crippen LogP contribution is -2.39. The van der Waals surface area contributed by atoms with Gasteiger partial charge in [-0.2, -0.15) is 4.73 Å². The molecule has 2 heterocycles. The quantitative estimate of drug-likeness (QED) is 0.0505. The van der Waals surface area contributed by atoms with Crippen LogP contribution in [0.15, 0.2) is 78.0 Å². The van der Waals surface area contributed by atoms with Gasteiger partial charge in [0.15, 0.2) is 12.5 Å². The van der Waals surface area contributed by atoms with E-state index >= 15 is 0 Å². The second kappa shape index (κ2) is 21.2. The van der Waals surface area contributed by atoms with Gasteiger partial charge < -0.3 is 25.1 Å². The van der Waals surface area contributed by atoms with Crippen LogP contribution in [-0.4, -0.2) is 22.9 Å². The lowest BCUT2D eigenvalue weighted by atomic mass is 9.91. The molecule has 1 saturated heterocycles. The van der Waals surface area contributed by atoms with E-state index in [1.54, 1.807) is 6.07 Å². The van der Waals surface area contributed by atoms with Gasteiger partial charge in [0.1, 0.15) is 0 Å². The number of aliphatic hydroxyl groups excluding tert-OH is 1. The molecule has 0 bridgehead atoms. The Labute approximate surface area is 292 Å². The first kappa shape index (κ1) is 37.9. The summed E-state index contributed by atoms with van der Waals surface area (Å²) >= 11 is 1.47. The van der Waals surface area contributed by atoms with Gasteiger partial charge >= 0.3 is 0 Å². The Balaban J connectivity index is 1.27. The van der Waals surface area contributed by atoms with Crippen LogP contribution in [0.25, 0.3) is 0 Å². The molecule has 4 unspecified atom stereocenters. The summed E-state index contributed by atoms with van der Waals surface area (Å²) in [6, 6.07) is 20.9. The van der Waals surface area contributed by atoms with Crippen LogP contribution >= 0.6 is 11.8 Å². The van der Waals surface area contributed by atoms with Crippen LogP contribution in [0.1, 0.15) is 133 Å². The molecular weight excluding hydrogens is 621 g/mol. The van der Waals surface area contributed by atoms with Crippen molar-refractivity contribution in [1.29, 1.82) is 0 Å². The Morgan fingerprint density at radius 3 is 2.15 bits per heavy atom. The Morgan fingerprint density at radius 2 is 1.50 bits per heavy atom. The molecular formula is C40H56N2O5S. The first-order valence-electron chi connectivity index (χ1n) is 18.2. The fraction of sp³-hybridized carbons (Fsp3) is 0.550. The van der Waals surface area contributed by atoms with Gasteiger partial charge in [-0.1, -0.05) is 139 Å². The molecule has 1 aliphatic heterocycles. The number of aromatic nitrogens is 1. The molecule has 2 aromatic carbocycles. The van der Waals surface area contributed by atoms with E-state index in [1.807, 2.05) is 60.7 Å². The number of hydrogen-bond donors (Lipinski definition) is 2. The summed E-state index contributed by atoms with van der Waals surface area (Å²) in [5, 5.41) is 25.5. The van der Waals surface area contributed by atoms with Gasteiger partial charge in [0.2, 0.25) is 5.91 Å². The van der Waals surface area contributed by atoms with Crippen molar-refractivity contribution in [2.24, 2.45) is 5.92 Å². The maximum Gasteiger partial charge on any atom is 0.251 e. The van der Waals surface area contributed by atoms with Crippen LogP contribution in [0.4, 0.5) is 5.69 Å². The van der Waals surface area contributed by atoms with Gasteiger partial charge in [-0.3, -0.25) is 4.79 Å². The van der Waals surface area contributed by atoms with E-state index in [-0.39, 0.29) is 30.6 Å². The van der Waals surface area contributed by atoms with Crippen LogP contribution in [0.2, 0.25) is 0 Å². The molecule has 0 radical (unpaired) electrons. The molecule has 4 rings (SSSR count). The monoisotopic (exact) mass is 676 g/mol. The molecule has 7 nitrogen and oxygen atoms in total. The molecule has 0 saturated carbocycles. The number of pyridine rings is 1. The summed E-state index contributed by atoms with van der Waals surface area (Å²) in [7, 11) is 0. The molecule has 1 fully saturated rings. The predicted molar refractivity (Wildman–Crippen MR) is 194 cm³/mol. The Bertz CT molecular complexity index is 1350. The standard InChI is InChI=1S/C40H56N2O5S/c1-3-4-5-6-7-8-9-10-11-12-13-14-15-21-37(44)41-35-20-18-19-34(28-35)40-46-36(30-48-38-22-16-17-27-42(38)45)31(2)39(47-40)33-25-23-32(29-43)24-26-33/h16-20,22-28,31,36,39-40,43H,3-15,21,29-30H2,1-2H3,(H,41,44). The van der Waals surface area contributed by atoms with E-state index in [9.17, 15) is 15.1 Å². The topological polar surface area (TPSA) is 94.7 Å². The van der Waals surface area contributed by atoms with Gasteiger partial charge in [0.25, 0.3) is 5.03 Å². The molecule has 1 aromatic heterocycles. The summed E-state index contributed by atoms with van der Waals surface area (Å²) < 4.78 is 14.0. The van der Waals surface area contributed by atoms with Crippen molar-refractivity contribution in [3.63, 3.8) is 0 Å². The molecule has 2 N–H and O–H groups in total. The van der Waals surface area contributed by atoms with E-state index in [2.05, 4.69) is 19.2 Å². The number of benzene rings is 2. The highest BCUT2D eigenvalue weighted by molar-refractivity contribution is 7.99. The third kappa shape index (κ3) is 12.5. The molecule has 0 aliphatic carbocycles. The van der Waals surface area contributed by atoms with E-state index in [0.29, 0.717) is 17.2 Å². The highest BCUT2D eigenvalue weighted by atomic mass is 32.2. The maximum atomic E-state index is 12.8. The van der Waals surface area contributed by atoms with Gasteiger partial charge in [-0.05, 0) is 35.7 Å². The number of nitrogens with zero attached hydrogens (tertiary/aromatic N) is 1. The number of hydrogen-bond acceptors (Lipinski definition) is 6. The predicted octanol–water partition coefficient (Wildman–Crippen LogP) is 9.82. The average Bonchev–Trinajstić information content (AvgIpc) is 3.10. The smallest absolute Gasteiger partial charge is 0.251 e. The third-order valence-electron chi connectivity index (χ3n) is 9.26. The van der Waals surface area contributed by atoms with Crippen molar-refractivity contribution in [2.45, 2.75) is 134 Å². The summed E-state index contributed by atoms with van der Waals surface area (Å²) in [6.07, 6.45) is 17.6. The number of carbonyl (C=O) groups excluding carboxylic acids is 1. The highest BCUT2D eigenvalue weighted by Gasteiger charge is 2.38. The number of unbranched alkanes of at least 4 members (excludes halogenated alkanes) is 12. The zero-order valence-electron chi connectivity index (χ0n) is 29.0. The van der Waals surface area contributed by atoms with Crippen molar-refractivity contribution < 1.29 is 24.1 Å². The Hall–Kier alpha value is -2.91. The van der Waals surface area contributed by atoms with E-state index < -0.39 is 6.29 Å².